The lowest BCUT2D eigenvalue weighted by atomic mass is 10.1. The average molecular weight is 313 g/mol. The number of aliphatic hydroxyl groups is 1. The van der Waals surface area contributed by atoms with Crippen LogP contribution in [0, 0.1) is 0 Å². The van der Waals surface area contributed by atoms with Crippen molar-refractivity contribution in [3.63, 3.8) is 0 Å². The summed E-state index contributed by atoms with van der Waals surface area (Å²) >= 11 is 3.47. The Bertz CT molecular complexity index is 401. The SMILES string of the molecule is CCN1CCN(c2ccc(Br)cc2C(C)O)CC1. The summed E-state index contributed by atoms with van der Waals surface area (Å²) in [5, 5.41) is 9.90. The molecule has 0 aromatic heterocycles. The molecule has 18 heavy (non-hydrogen) atoms. The molecule has 4 heteroatoms. The van der Waals surface area contributed by atoms with Gasteiger partial charge in [-0.15, -0.1) is 0 Å². The van der Waals surface area contributed by atoms with Crippen LogP contribution in [-0.4, -0.2) is 42.7 Å². The Morgan fingerprint density at radius 2 is 1.94 bits per heavy atom. The number of halogens is 1. The van der Waals surface area contributed by atoms with Crippen molar-refractivity contribution < 1.29 is 5.11 Å². The van der Waals surface area contributed by atoms with Gasteiger partial charge in [-0.1, -0.05) is 22.9 Å². The van der Waals surface area contributed by atoms with Gasteiger partial charge in [0.15, 0.2) is 0 Å². The number of aliphatic hydroxyl groups excluding tert-OH is 1. The number of hydrogen-bond donors (Lipinski definition) is 1. The first-order valence-electron chi connectivity index (χ1n) is 6.56. The van der Waals surface area contributed by atoms with E-state index < -0.39 is 6.10 Å². The molecule has 3 nitrogen and oxygen atoms in total. The topological polar surface area (TPSA) is 26.7 Å². The number of rotatable bonds is 3. The summed E-state index contributed by atoms with van der Waals surface area (Å²) in [5.41, 5.74) is 2.18. The number of benzene rings is 1. The van der Waals surface area contributed by atoms with E-state index in [4.69, 9.17) is 0 Å². The Kier molecular flexibility index (Phi) is 4.65. The molecule has 0 saturated carbocycles. The average Bonchev–Trinajstić information content (AvgIpc) is 2.39. The van der Waals surface area contributed by atoms with Gasteiger partial charge in [-0.2, -0.15) is 0 Å². The van der Waals surface area contributed by atoms with Crippen molar-refractivity contribution in [3.8, 4) is 0 Å². The second-order valence-electron chi connectivity index (χ2n) is 4.80. The van der Waals surface area contributed by atoms with Gasteiger partial charge in [-0.3, -0.25) is 0 Å². The van der Waals surface area contributed by atoms with E-state index in [0.29, 0.717) is 0 Å². The fourth-order valence-corrected chi connectivity index (χ4v) is 2.83. The molecule has 1 N–H and O–H groups in total. The van der Waals surface area contributed by atoms with E-state index in [1.54, 1.807) is 0 Å². The molecule has 0 spiro atoms. The molecule has 1 saturated heterocycles. The van der Waals surface area contributed by atoms with Gasteiger partial charge in [0.25, 0.3) is 0 Å². The molecule has 0 amide bonds. The van der Waals surface area contributed by atoms with Crippen molar-refractivity contribution in [2.24, 2.45) is 0 Å². The number of hydrogen-bond acceptors (Lipinski definition) is 3. The van der Waals surface area contributed by atoms with E-state index in [-0.39, 0.29) is 0 Å². The minimum Gasteiger partial charge on any atom is -0.389 e. The van der Waals surface area contributed by atoms with Gasteiger partial charge in [0.1, 0.15) is 0 Å². The molecule has 1 aliphatic heterocycles. The molecule has 1 fully saturated rings. The van der Waals surface area contributed by atoms with Crippen LogP contribution < -0.4 is 4.90 Å². The van der Waals surface area contributed by atoms with Crippen molar-refractivity contribution in [3.05, 3.63) is 28.2 Å². The van der Waals surface area contributed by atoms with E-state index in [1.807, 2.05) is 19.1 Å². The molecule has 1 unspecified atom stereocenters. The highest BCUT2D eigenvalue weighted by atomic mass is 79.9. The van der Waals surface area contributed by atoms with E-state index in [1.165, 1.54) is 5.69 Å². The lowest BCUT2D eigenvalue weighted by Crippen LogP contribution is -2.46. The predicted octanol–water partition coefficient (Wildman–Crippen LogP) is 2.64. The van der Waals surface area contributed by atoms with Crippen LogP contribution in [-0.2, 0) is 0 Å². The third-order valence-corrected chi connectivity index (χ3v) is 4.09. The van der Waals surface area contributed by atoms with Crippen LogP contribution in [0.25, 0.3) is 0 Å². The molecule has 2 rings (SSSR count). The number of nitrogens with zero attached hydrogens (tertiary/aromatic N) is 2. The summed E-state index contributed by atoms with van der Waals surface area (Å²) in [6, 6.07) is 6.17. The first-order chi connectivity index (χ1) is 8.61. The van der Waals surface area contributed by atoms with Crippen molar-refractivity contribution in [2.75, 3.05) is 37.6 Å². The van der Waals surface area contributed by atoms with Crippen molar-refractivity contribution in [1.29, 1.82) is 0 Å². The van der Waals surface area contributed by atoms with Gasteiger partial charge < -0.3 is 14.9 Å². The zero-order valence-electron chi connectivity index (χ0n) is 11.1. The number of likely N-dealkylation sites (N-methyl/N-ethyl adjacent to an activating group) is 1. The molecule has 0 bridgehead atoms. The number of anilines is 1. The highest BCUT2D eigenvalue weighted by Crippen LogP contribution is 2.30. The third kappa shape index (κ3) is 3.05. The first kappa shape index (κ1) is 13.8. The Morgan fingerprint density at radius 3 is 2.50 bits per heavy atom. The van der Waals surface area contributed by atoms with Gasteiger partial charge in [0, 0.05) is 41.9 Å². The fourth-order valence-electron chi connectivity index (χ4n) is 2.45. The third-order valence-electron chi connectivity index (χ3n) is 3.60. The summed E-state index contributed by atoms with van der Waals surface area (Å²) in [6.45, 7) is 9.43. The highest BCUT2D eigenvalue weighted by Gasteiger charge is 2.19. The normalized spacial score (nSPS) is 19.0. The summed E-state index contributed by atoms with van der Waals surface area (Å²) in [5.74, 6) is 0. The lowest BCUT2D eigenvalue weighted by Gasteiger charge is -2.36. The molecule has 0 radical (unpaired) electrons. The lowest BCUT2D eigenvalue weighted by molar-refractivity contribution is 0.199. The molecule has 100 valence electrons. The van der Waals surface area contributed by atoms with Crippen LogP contribution in [0.1, 0.15) is 25.5 Å². The largest absolute Gasteiger partial charge is 0.389 e. The van der Waals surface area contributed by atoms with Crippen molar-refractivity contribution in [1.82, 2.24) is 4.90 Å². The fraction of sp³-hybridized carbons (Fsp3) is 0.571. The smallest absolute Gasteiger partial charge is 0.0782 e. The van der Waals surface area contributed by atoms with Crippen LogP contribution in [0.4, 0.5) is 5.69 Å². The second kappa shape index (κ2) is 6.04. The summed E-state index contributed by atoms with van der Waals surface area (Å²) in [6.07, 6.45) is -0.429. The van der Waals surface area contributed by atoms with E-state index >= 15 is 0 Å². The molecule has 1 aromatic rings. The highest BCUT2D eigenvalue weighted by molar-refractivity contribution is 9.10. The van der Waals surface area contributed by atoms with E-state index in [2.05, 4.69) is 38.7 Å². The molecule has 0 aliphatic carbocycles. The molecular weight excluding hydrogens is 292 g/mol. The second-order valence-corrected chi connectivity index (χ2v) is 5.72. The Morgan fingerprint density at radius 1 is 1.28 bits per heavy atom. The maximum atomic E-state index is 9.90. The standard InChI is InChI=1S/C14H21BrN2O/c1-3-16-6-8-17(9-7-16)14-5-4-12(15)10-13(14)11(2)18/h4-5,10-11,18H,3,6-9H2,1-2H3. The Balaban J connectivity index is 2.18. The van der Waals surface area contributed by atoms with Crippen LogP contribution >= 0.6 is 15.9 Å². The quantitative estimate of drug-likeness (QED) is 0.929. The monoisotopic (exact) mass is 312 g/mol. The van der Waals surface area contributed by atoms with Gasteiger partial charge in [0.2, 0.25) is 0 Å². The predicted molar refractivity (Wildman–Crippen MR) is 79.1 cm³/mol. The Labute approximate surface area is 118 Å². The number of piperazine rings is 1. The van der Waals surface area contributed by atoms with Crippen molar-refractivity contribution >= 4 is 21.6 Å². The molecule has 1 aliphatic rings. The minimum atomic E-state index is -0.429. The zero-order chi connectivity index (χ0) is 13.1. The van der Waals surface area contributed by atoms with Gasteiger partial charge in [-0.05, 0) is 31.7 Å². The molecule has 1 aromatic carbocycles. The minimum absolute atomic E-state index is 0.429. The van der Waals surface area contributed by atoms with Gasteiger partial charge in [-0.25, -0.2) is 0 Å². The van der Waals surface area contributed by atoms with Gasteiger partial charge in [0.05, 0.1) is 6.10 Å². The van der Waals surface area contributed by atoms with Crippen LogP contribution in [0.5, 0.6) is 0 Å². The first-order valence-corrected chi connectivity index (χ1v) is 7.36. The van der Waals surface area contributed by atoms with Crippen molar-refractivity contribution in [2.45, 2.75) is 20.0 Å². The molecule has 1 atom stereocenters. The molecule has 1 heterocycles. The van der Waals surface area contributed by atoms with Gasteiger partial charge >= 0.3 is 0 Å². The Hall–Kier alpha value is -0.580. The maximum absolute atomic E-state index is 9.90. The van der Waals surface area contributed by atoms with E-state index in [9.17, 15) is 5.11 Å². The van der Waals surface area contributed by atoms with Crippen LogP contribution in [0.2, 0.25) is 0 Å². The summed E-state index contributed by atoms with van der Waals surface area (Å²) in [7, 11) is 0. The summed E-state index contributed by atoms with van der Waals surface area (Å²) < 4.78 is 1.02. The maximum Gasteiger partial charge on any atom is 0.0782 e. The van der Waals surface area contributed by atoms with E-state index in [0.717, 1.165) is 42.8 Å². The van der Waals surface area contributed by atoms with Crippen LogP contribution in [0.3, 0.4) is 0 Å². The summed E-state index contributed by atoms with van der Waals surface area (Å²) in [4.78, 5) is 4.83. The molecular formula is C14H21BrN2O. The zero-order valence-corrected chi connectivity index (χ0v) is 12.7. The van der Waals surface area contributed by atoms with Crippen LogP contribution in [0.15, 0.2) is 22.7 Å².